The van der Waals surface area contributed by atoms with Crippen LogP contribution >= 0.6 is 15.9 Å². The second kappa shape index (κ2) is 8.34. The summed E-state index contributed by atoms with van der Waals surface area (Å²) >= 11 is 3.25. The Morgan fingerprint density at radius 3 is 2.55 bits per heavy atom. The van der Waals surface area contributed by atoms with Crippen LogP contribution in [-0.2, 0) is 19.6 Å². The molecule has 0 unspecified atom stereocenters. The van der Waals surface area contributed by atoms with E-state index in [1.165, 1.54) is 36.4 Å². The summed E-state index contributed by atoms with van der Waals surface area (Å²) in [5.41, 5.74) is 0.976. The number of rotatable bonds is 6. The number of aliphatic imine (C=N–C) groups is 1. The molecule has 0 saturated heterocycles. The van der Waals surface area contributed by atoms with E-state index in [0.29, 0.717) is 15.6 Å². The Morgan fingerprint density at radius 1 is 1.24 bits per heavy atom. The van der Waals surface area contributed by atoms with Crippen LogP contribution in [0.15, 0.2) is 51.6 Å². The molecule has 0 radical (unpaired) electrons. The molecule has 0 amide bonds. The van der Waals surface area contributed by atoms with Gasteiger partial charge in [-0.1, -0.05) is 0 Å². The molecular formula is C19H15BrFNO6S. The van der Waals surface area contributed by atoms with Crippen molar-refractivity contribution in [3.8, 4) is 11.5 Å². The largest absolute Gasteiger partial charge is 0.490 e. The van der Waals surface area contributed by atoms with Crippen molar-refractivity contribution in [2.75, 3.05) is 12.9 Å². The SMILES string of the molecule is CCOc1cc(/C=C2\N=C(c3ccc(F)cc3)OC2=O)cc(Br)c1OS(C)(=O)=O. The molecule has 10 heteroatoms. The summed E-state index contributed by atoms with van der Waals surface area (Å²) in [4.78, 5) is 16.3. The maximum Gasteiger partial charge on any atom is 0.363 e. The maximum absolute atomic E-state index is 13.1. The first-order valence-corrected chi connectivity index (χ1v) is 10.9. The Labute approximate surface area is 175 Å². The lowest BCUT2D eigenvalue weighted by molar-refractivity contribution is -0.129. The second-order valence-electron chi connectivity index (χ2n) is 5.89. The van der Waals surface area contributed by atoms with Gasteiger partial charge in [-0.3, -0.25) is 0 Å². The lowest BCUT2D eigenvalue weighted by atomic mass is 10.1. The molecule has 0 bridgehead atoms. The number of esters is 1. The van der Waals surface area contributed by atoms with Crippen molar-refractivity contribution < 1.29 is 31.3 Å². The number of nitrogens with zero attached hydrogens (tertiary/aromatic N) is 1. The smallest absolute Gasteiger partial charge is 0.363 e. The van der Waals surface area contributed by atoms with Gasteiger partial charge in [-0.15, -0.1) is 0 Å². The van der Waals surface area contributed by atoms with Gasteiger partial charge in [0.15, 0.2) is 17.2 Å². The molecule has 1 aliphatic rings. The third-order valence-corrected chi connectivity index (χ3v) is 4.64. The van der Waals surface area contributed by atoms with Gasteiger partial charge in [-0.25, -0.2) is 14.2 Å². The number of benzene rings is 2. The van der Waals surface area contributed by atoms with Gasteiger partial charge in [0.05, 0.1) is 17.3 Å². The van der Waals surface area contributed by atoms with E-state index in [-0.39, 0.29) is 29.7 Å². The summed E-state index contributed by atoms with van der Waals surface area (Å²) in [5.74, 6) is -0.856. The molecule has 0 spiro atoms. The van der Waals surface area contributed by atoms with Crippen LogP contribution in [0, 0.1) is 5.82 Å². The van der Waals surface area contributed by atoms with Gasteiger partial charge in [-0.2, -0.15) is 8.42 Å². The van der Waals surface area contributed by atoms with E-state index in [2.05, 4.69) is 20.9 Å². The zero-order valence-electron chi connectivity index (χ0n) is 15.3. The Hall–Kier alpha value is -2.72. The highest BCUT2D eigenvalue weighted by Crippen LogP contribution is 2.38. The van der Waals surface area contributed by atoms with Gasteiger partial charge >= 0.3 is 16.1 Å². The van der Waals surface area contributed by atoms with Gasteiger partial charge in [0.2, 0.25) is 5.90 Å². The molecule has 1 heterocycles. The summed E-state index contributed by atoms with van der Waals surface area (Å²) in [6.45, 7) is 2.00. The van der Waals surface area contributed by atoms with E-state index in [1.54, 1.807) is 13.0 Å². The molecule has 152 valence electrons. The minimum atomic E-state index is -3.77. The van der Waals surface area contributed by atoms with Crippen molar-refractivity contribution in [3.63, 3.8) is 0 Å². The van der Waals surface area contributed by atoms with Crippen molar-refractivity contribution in [1.82, 2.24) is 0 Å². The Bertz CT molecular complexity index is 1130. The molecule has 0 atom stereocenters. The van der Waals surface area contributed by atoms with Crippen molar-refractivity contribution in [3.05, 3.63) is 63.5 Å². The number of carbonyl (C=O) groups is 1. The molecule has 0 aliphatic carbocycles. The molecule has 0 aromatic heterocycles. The van der Waals surface area contributed by atoms with E-state index in [4.69, 9.17) is 13.7 Å². The summed E-state index contributed by atoms with van der Waals surface area (Å²) < 4.78 is 52.0. The Kier molecular flexibility index (Phi) is 6.04. The highest BCUT2D eigenvalue weighted by molar-refractivity contribution is 9.10. The topological polar surface area (TPSA) is 91.3 Å². The highest BCUT2D eigenvalue weighted by Gasteiger charge is 2.25. The van der Waals surface area contributed by atoms with Gasteiger partial charge < -0.3 is 13.7 Å². The van der Waals surface area contributed by atoms with Crippen molar-refractivity contribution in [2.45, 2.75) is 6.92 Å². The molecule has 1 aliphatic heterocycles. The summed E-state index contributed by atoms with van der Waals surface area (Å²) in [7, 11) is -3.77. The van der Waals surface area contributed by atoms with Crippen LogP contribution in [0.5, 0.6) is 11.5 Å². The molecule has 29 heavy (non-hydrogen) atoms. The predicted octanol–water partition coefficient (Wildman–Crippen LogP) is 3.67. The molecule has 2 aromatic carbocycles. The molecular weight excluding hydrogens is 469 g/mol. The molecule has 3 rings (SSSR count). The maximum atomic E-state index is 13.1. The lowest BCUT2D eigenvalue weighted by Gasteiger charge is -2.13. The van der Waals surface area contributed by atoms with Crippen molar-refractivity contribution in [2.24, 2.45) is 4.99 Å². The third-order valence-electron chi connectivity index (χ3n) is 3.58. The average molecular weight is 484 g/mol. The van der Waals surface area contributed by atoms with Crippen molar-refractivity contribution >= 4 is 44.0 Å². The standard InChI is InChI=1S/C19H15BrFNO6S/c1-3-26-16-10-11(8-14(20)17(16)28-29(2,24)25)9-15-19(23)27-18(22-15)12-4-6-13(21)7-5-12/h4-10H,3H2,1-2H3/b15-9-. The van der Waals surface area contributed by atoms with Gasteiger partial charge in [0.25, 0.3) is 0 Å². The molecule has 7 nitrogen and oxygen atoms in total. The Balaban J connectivity index is 1.98. The number of ether oxygens (including phenoxy) is 2. The summed E-state index contributed by atoms with van der Waals surface area (Å²) in [6, 6.07) is 8.44. The van der Waals surface area contributed by atoms with Gasteiger partial charge in [-0.05, 0) is 70.9 Å². The van der Waals surface area contributed by atoms with Crippen LogP contribution in [0.25, 0.3) is 6.08 Å². The number of carbonyl (C=O) groups excluding carboxylic acids is 1. The zero-order chi connectivity index (χ0) is 21.2. The van der Waals surface area contributed by atoms with Crippen LogP contribution in [0.1, 0.15) is 18.1 Å². The minimum absolute atomic E-state index is 0.000927. The van der Waals surface area contributed by atoms with Crippen LogP contribution < -0.4 is 8.92 Å². The quantitative estimate of drug-likeness (QED) is 0.353. The number of hydrogen-bond acceptors (Lipinski definition) is 7. The lowest BCUT2D eigenvalue weighted by Crippen LogP contribution is -2.08. The highest BCUT2D eigenvalue weighted by atomic mass is 79.9. The van der Waals surface area contributed by atoms with E-state index < -0.39 is 21.9 Å². The fraction of sp³-hybridized carbons (Fsp3) is 0.158. The second-order valence-corrected chi connectivity index (χ2v) is 8.32. The monoisotopic (exact) mass is 483 g/mol. The predicted molar refractivity (Wildman–Crippen MR) is 108 cm³/mol. The third kappa shape index (κ3) is 5.21. The Morgan fingerprint density at radius 2 is 1.93 bits per heavy atom. The van der Waals surface area contributed by atoms with E-state index >= 15 is 0 Å². The van der Waals surface area contributed by atoms with E-state index in [1.807, 2.05) is 0 Å². The van der Waals surface area contributed by atoms with Crippen LogP contribution in [0.2, 0.25) is 0 Å². The van der Waals surface area contributed by atoms with Crippen LogP contribution in [-0.4, -0.2) is 33.1 Å². The van der Waals surface area contributed by atoms with Crippen LogP contribution in [0.3, 0.4) is 0 Å². The zero-order valence-corrected chi connectivity index (χ0v) is 17.7. The van der Waals surface area contributed by atoms with Crippen molar-refractivity contribution in [1.29, 1.82) is 0 Å². The molecule has 2 aromatic rings. The number of halogens is 2. The normalized spacial score (nSPS) is 15.2. The van der Waals surface area contributed by atoms with E-state index in [9.17, 15) is 17.6 Å². The van der Waals surface area contributed by atoms with Gasteiger partial charge in [0.1, 0.15) is 5.82 Å². The number of cyclic esters (lactones) is 1. The molecule has 0 N–H and O–H groups in total. The first-order valence-electron chi connectivity index (χ1n) is 8.30. The van der Waals surface area contributed by atoms with Gasteiger partial charge in [0, 0.05) is 5.56 Å². The fourth-order valence-electron chi connectivity index (χ4n) is 2.45. The summed E-state index contributed by atoms with van der Waals surface area (Å²) in [5, 5.41) is 0. The van der Waals surface area contributed by atoms with E-state index in [0.717, 1.165) is 6.26 Å². The fourth-order valence-corrected chi connectivity index (χ4v) is 3.57. The number of hydrogen-bond donors (Lipinski definition) is 0. The average Bonchev–Trinajstić information content (AvgIpc) is 2.98. The minimum Gasteiger partial charge on any atom is -0.490 e. The molecule has 0 fully saturated rings. The molecule has 0 saturated carbocycles. The summed E-state index contributed by atoms with van der Waals surface area (Å²) in [6.07, 6.45) is 2.38. The first kappa shape index (κ1) is 21.0. The first-order chi connectivity index (χ1) is 13.7. The van der Waals surface area contributed by atoms with Crippen LogP contribution in [0.4, 0.5) is 4.39 Å².